The van der Waals surface area contributed by atoms with Gasteiger partial charge in [0.1, 0.15) is 5.75 Å². The zero-order valence-electron chi connectivity index (χ0n) is 13.3. The van der Waals surface area contributed by atoms with Crippen molar-refractivity contribution in [2.45, 2.75) is 13.0 Å². The Morgan fingerprint density at radius 1 is 1.00 bits per heavy atom. The molecule has 0 spiro atoms. The normalized spacial score (nSPS) is 13.2. The van der Waals surface area contributed by atoms with Crippen molar-refractivity contribution in [1.82, 2.24) is 0 Å². The maximum absolute atomic E-state index is 12.3. The van der Waals surface area contributed by atoms with E-state index in [1.165, 1.54) is 13.0 Å². The van der Waals surface area contributed by atoms with Gasteiger partial charge >= 0.3 is 5.97 Å². The van der Waals surface area contributed by atoms with Crippen LogP contribution >= 0.6 is 0 Å². The van der Waals surface area contributed by atoms with E-state index < -0.39 is 12.1 Å². The highest BCUT2D eigenvalue weighted by Crippen LogP contribution is 2.32. The molecule has 1 aliphatic heterocycles. The Morgan fingerprint density at radius 2 is 1.67 bits per heavy atom. The SMILES string of the molecule is COc1ccc(C(=O)C(C)OC(=O)c2ccc3c(c2)OCO3)cc1. The van der Waals surface area contributed by atoms with Gasteiger partial charge < -0.3 is 18.9 Å². The van der Waals surface area contributed by atoms with Gasteiger partial charge in [0.15, 0.2) is 17.6 Å². The molecular formula is C18H16O6. The monoisotopic (exact) mass is 328 g/mol. The Hall–Kier alpha value is -3.02. The molecule has 0 N–H and O–H groups in total. The number of ketones is 1. The van der Waals surface area contributed by atoms with Crippen LogP contribution in [-0.4, -0.2) is 31.8 Å². The largest absolute Gasteiger partial charge is 0.497 e. The van der Waals surface area contributed by atoms with Gasteiger partial charge in [-0.15, -0.1) is 0 Å². The second-order valence-corrected chi connectivity index (χ2v) is 5.21. The molecule has 24 heavy (non-hydrogen) atoms. The number of carbonyl (C=O) groups excluding carboxylic acids is 2. The number of rotatable bonds is 5. The molecule has 0 aromatic heterocycles. The fourth-order valence-electron chi connectivity index (χ4n) is 2.30. The number of Topliss-reactive ketones (excluding diaryl/α,β-unsaturated/α-hetero) is 1. The van der Waals surface area contributed by atoms with Gasteiger partial charge in [-0.25, -0.2) is 4.79 Å². The molecule has 1 unspecified atom stereocenters. The Morgan fingerprint density at radius 3 is 2.38 bits per heavy atom. The lowest BCUT2D eigenvalue weighted by Gasteiger charge is -2.13. The molecule has 0 radical (unpaired) electrons. The molecule has 0 bridgehead atoms. The lowest BCUT2D eigenvalue weighted by molar-refractivity contribution is 0.0318. The maximum atomic E-state index is 12.3. The molecule has 0 aliphatic carbocycles. The van der Waals surface area contributed by atoms with Gasteiger partial charge in [-0.3, -0.25) is 4.79 Å². The van der Waals surface area contributed by atoms with E-state index in [0.717, 1.165) is 0 Å². The zero-order valence-corrected chi connectivity index (χ0v) is 13.3. The predicted octanol–water partition coefficient (Wildman–Crippen LogP) is 2.85. The maximum Gasteiger partial charge on any atom is 0.338 e. The van der Waals surface area contributed by atoms with Gasteiger partial charge in [0.2, 0.25) is 12.6 Å². The van der Waals surface area contributed by atoms with Crippen LogP contribution in [0, 0.1) is 0 Å². The molecule has 1 aliphatic rings. The summed E-state index contributed by atoms with van der Waals surface area (Å²) < 4.78 is 20.7. The van der Waals surface area contributed by atoms with Crippen LogP contribution in [0.4, 0.5) is 0 Å². The molecule has 0 saturated heterocycles. The van der Waals surface area contributed by atoms with Gasteiger partial charge in [0.05, 0.1) is 12.7 Å². The molecule has 0 fully saturated rings. The van der Waals surface area contributed by atoms with E-state index in [4.69, 9.17) is 18.9 Å². The first-order chi connectivity index (χ1) is 11.6. The van der Waals surface area contributed by atoms with Crippen molar-refractivity contribution < 1.29 is 28.5 Å². The summed E-state index contributed by atoms with van der Waals surface area (Å²) in [5.41, 5.74) is 0.746. The average Bonchev–Trinajstić information content (AvgIpc) is 3.08. The van der Waals surface area contributed by atoms with E-state index in [0.29, 0.717) is 28.4 Å². The number of esters is 1. The quantitative estimate of drug-likeness (QED) is 0.621. The summed E-state index contributed by atoms with van der Waals surface area (Å²) >= 11 is 0. The lowest BCUT2D eigenvalue weighted by Crippen LogP contribution is -2.24. The molecule has 3 rings (SSSR count). The van der Waals surface area contributed by atoms with Crippen LogP contribution in [0.2, 0.25) is 0 Å². The summed E-state index contributed by atoms with van der Waals surface area (Å²) in [7, 11) is 1.55. The summed E-state index contributed by atoms with van der Waals surface area (Å²) in [5.74, 6) is 0.832. The summed E-state index contributed by atoms with van der Waals surface area (Å²) in [6, 6.07) is 11.4. The van der Waals surface area contributed by atoms with Crippen LogP contribution in [0.5, 0.6) is 17.2 Å². The number of benzene rings is 2. The van der Waals surface area contributed by atoms with Crippen molar-refractivity contribution in [3.63, 3.8) is 0 Å². The van der Waals surface area contributed by atoms with Crippen molar-refractivity contribution >= 4 is 11.8 Å². The number of methoxy groups -OCH3 is 1. The van der Waals surface area contributed by atoms with Crippen molar-refractivity contribution in [2.24, 2.45) is 0 Å². The van der Waals surface area contributed by atoms with Crippen molar-refractivity contribution in [1.29, 1.82) is 0 Å². The summed E-state index contributed by atoms with van der Waals surface area (Å²) in [4.78, 5) is 24.5. The molecule has 1 heterocycles. The average molecular weight is 328 g/mol. The summed E-state index contributed by atoms with van der Waals surface area (Å²) in [6.45, 7) is 1.66. The minimum absolute atomic E-state index is 0.125. The van der Waals surface area contributed by atoms with Gasteiger partial charge in [-0.2, -0.15) is 0 Å². The number of hydrogen-bond acceptors (Lipinski definition) is 6. The second-order valence-electron chi connectivity index (χ2n) is 5.21. The third kappa shape index (κ3) is 3.17. The van der Waals surface area contributed by atoms with Crippen LogP contribution < -0.4 is 14.2 Å². The number of fused-ring (bicyclic) bond motifs is 1. The van der Waals surface area contributed by atoms with Crippen LogP contribution in [0.1, 0.15) is 27.6 Å². The summed E-state index contributed by atoms with van der Waals surface area (Å²) in [6.07, 6.45) is -0.906. The Labute approximate surface area is 138 Å². The number of ether oxygens (including phenoxy) is 4. The molecule has 1 atom stereocenters. The highest BCUT2D eigenvalue weighted by atomic mass is 16.7. The van der Waals surface area contributed by atoms with Gasteiger partial charge in [-0.1, -0.05) is 0 Å². The van der Waals surface area contributed by atoms with Gasteiger partial charge in [0, 0.05) is 5.56 Å². The Balaban J connectivity index is 1.67. The number of carbonyl (C=O) groups is 2. The molecule has 124 valence electrons. The predicted molar refractivity (Wildman–Crippen MR) is 84.8 cm³/mol. The fourth-order valence-corrected chi connectivity index (χ4v) is 2.30. The van der Waals surface area contributed by atoms with E-state index in [1.807, 2.05) is 0 Å². The van der Waals surface area contributed by atoms with Gasteiger partial charge in [0.25, 0.3) is 0 Å². The van der Waals surface area contributed by atoms with E-state index in [9.17, 15) is 9.59 Å². The van der Waals surface area contributed by atoms with Crippen LogP contribution in [0.25, 0.3) is 0 Å². The van der Waals surface area contributed by atoms with E-state index in [-0.39, 0.29) is 12.6 Å². The standard InChI is InChI=1S/C18H16O6/c1-11(17(19)12-3-6-14(21-2)7-4-12)24-18(20)13-5-8-15-16(9-13)23-10-22-15/h3-9,11H,10H2,1-2H3. The summed E-state index contributed by atoms with van der Waals surface area (Å²) in [5, 5.41) is 0. The highest BCUT2D eigenvalue weighted by molar-refractivity contribution is 6.01. The molecule has 2 aromatic rings. The molecule has 6 heteroatoms. The Bertz CT molecular complexity index is 766. The lowest BCUT2D eigenvalue weighted by atomic mass is 10.1. The third-order valence-electron chi connectivity index (χ3n) is 3.64. The van der Waals surface area contributed by atoms with Gasteiger partial charge in [-0.05, 0) is 49.4 Å². The first-order valence-corrected chi connectivity index (χ1v) is 7.37. The van der Waals surface area contributed by atoms with E-state index >= 15 is 0 Å². The highest BCUT2D eigenvalue weighted by Gasteiger charge is 2.22. The fraction of sp³-hybridized carbons (Fsp3) is 0.222. The van der Waals surface area contributed by atoms with Crippen molar-refractivity contribution in [2.75, 3.05) is 13.9 Å². The van der Waals surface area contributed by atoms with Crippen LogP contribution in [0.3, 0.4) is 0 Å². The molecule has 2 aromatic carbocycles. The minimum Gasteiger partial charge on any atom is -0.497 e. The topological polar surface area (TPSA) is 71.1 Å². The van der Waals surface area contributed by atoms with Crippen molar-refractivity contribution in [3.8, 4) is 17.2 Å². The van der Waals surface area contributed by atoms with Crippen LogP contribution in [-0.2, 0) is 4.74 Å². The molecule has 0 saturated carbocycles. The first-order valence-electron chi connectivity index (χ1n) is 7.37. The van der Waals surface area contributed by atoms with Crippen molar-refractivity contribution in [3.05, 3.63) is 53.6 Å². The smallest absolute Gasteiger partial charge is 0.338 e. The first kappa shape index (κ1) is 15.9. The van der Waals surface area contributed by atoms with E-state index in [2.05, 4.69) is 0 Å². The second kappa shape index (κ2) is 6.62. The molecule has 0 amide bonds. The third-order valence-corrected chi connectivity index (χ3v) is 3.64. The Kier molecular flexibility index (Phi) is 4.37. The molecular weight excluding hydrogens is 312 g/mol. The number of hydrogen-bond donors (Lipinski definition) is 0. The van der Waals surface area contributed by atoms with Crippen LogP contribution in [0.15, 0.2) is 42.5 Å². The minimum atomic E-state index is -0.906. The van der Waals surface area contributed by atoms with E-state index in [1.54, 1.807) is 43.5 Å². The zero-order chi connectivity index (χ0) is 17.1. The molecule has 6 nitrogen and oxygen atoms in total.